The maximum absolute atomic E-state index is 13.1. The second kappa shape index (κ2) is 8.93. The summed E-state index contributed by atoms with van der Waals surface area (Å²) in [6, 6.07) is 10.6. The van der Waals surface area contributed by atoms with Crippen molar-refractivity contribution in [2.24, 2.45) is 0 Å². The number of halogens is 1. The molecular formula is C20H21FN2O4. The third-order valence-corrected chi connectivity index (χ3v) is 3.88. The number of ether oxygens (including phenoxy) is 1. The summed E-state index contributed by atoms with van der Waals surface area (Å²) in [4.78, 5) is 36.0. The number of carbonyl (C=O) groups is 3. The molecule has 7 heteroatoms. The molecule has 0 aromatic heterocycles. The Morgan fingerprint density at radius 2 is 1.70 bits per heavy atom. The molecule has 2 aromatic carbocycles. The van der Waals surface area contributed by atoms with E-state index < -0.39 is 29.7 Å². The second-order valence-electron chi connectivity index (χ2n) is 6.09. The van der Waals surface area contributed by atoms with Crippen molar-refractivity contribution < 1.29 is 23.5 Å². The number of nitrogens with one attached hydrogen (secondary N) is 2. The van der Waals surface area contributed by atoms with E-state index in [9.17, 15) is 18.8 Å². The highest BCUT2D eigenvalue weighted by molar-refractivity contribution is 5.97. The van der Waals surface area contributed by atoms with E-state index >= 15 is 0 Å². The number of benzene rings is 2. The van der Waals surface area contributed by atoms with Crippen molar-refractivity contribution in [3.8, 4) is 0 Å². The van der Waals surface area contributed by atoms with E-state index in [4.69, 9.17) is 4.74 Å². The van der Waals surface area contributed by atoms with Gasteiger partial charge in [0.05, 0.1) is 12.1 Å². The summed E-state index contributed by atoms with van der Waals surface area (Å²) < 4.78 is 18.1. The number of rotatable bonds is 6. The summed E-state index contributed by atoms with van der Waals surface area (Å²) in [5.74, 6) is -2.43. The Bertz CT molecular complexity index is 847. The summed E-state index contributed by atoms with van der Waals surface area (Å²) in [5, 5.41) is 5.15. The van der Waals surface area contributed by atoms with Crippen molar-refractivity contribution in [2.75, 3.05) is 11.9 Å². The molecule has 2 rings (SSSR count). The van der Waals surface area contributed by atoms with Gasteiger partial charge in [-0.05, 0) is 50.1 Å². The van der Waals surface area contributed by atoms with Crippen LogP contribution in [0.3, 0.4) is 0 Å². The van der Waals surface area contributed by atoms with E-state index in [2.05, 4.69) is 10.6 Å². The molecule has 1 atom stereocenters. The fraction of sp³-hybridized carbons (Fsp3) is 0.250. The van der Waals surface area contributed by atoms with Gasteiger partial charge in [-0.1, -0.05) is 24.3 Å². The Kier molecular flexibility index (Phi) is 6.65. The third kappa shape index (κ3) is 5.64. The van der Waals surface area contributed by atoms with E-state index in [0.717, 1.165) is 17.2 Å². The zero-order valence-electron chi connectivity index (χ0n) is 15.3. The van der Waals surface area contributed by atoms with Crippen LogP contribution in [0.25, 0.3) is 0 Å². The van der Waals surface area contributed by atoms with Gasteiger partial charge in [0.2, 0.25) is 5.91 Å². The number of anilines is 1. The first-order valence-electron chi connectivity index (χ1n) is 8.38. The Morgan fingerprint density at radius 3 is 2.33 bits per heavy atom. The molecule has 0 aliphatic rings. The average Bonchev–Trinajstić information content (AvgIpc) is 2.62. The first-order chi connectivity index (χ1) is 12.8. The van der Waals surface area contributed by atoms with Gasteiger partial charge in [0.25, 0.3) is 5.91 Å². The van der Waals surface area contributed by atoms with Gasteiger partial charge < -0.3 is 15.4 Å². The first kappa shape index (κ1) is 20.1. The second-order valence-corrected chi connectivity index (χ2v) is 6.09. The number of amides is 2. The SMILES string of the molecule is Cc1cccc(C)c1NC(=O)CNC(=O)C(C)OC(=O)c1cccc(F)c1. The predicted octanol–water partition coefficient (Wildman–Crippen LogP) is 2.74. The standard InChI is InChI=1S/C20H21FN2O4/c1-12-6-4-7-13(2)18(12)23-17(24)11-22-19(25)14(3)27-20(26)15-8-5-9-16(21)10-15/h4-10,14H,11H2,1-3H3,(H,22,25)(H,23,24). The molecule has 142 valence electrons. The predicted molar refractivity (Wildman–Crippen MR) is 98.8 cm³/mol. The zero-order chi connectivity index (χ0) is 20.0. The first-order valence-corrected chi connectivity index (χ1v) is 8.38. The Morgan fingerprint density at radius 1 is 1.07 bits per heavy atom. The largest absolute Gasteiger partial charge is 0.449 e. The normalized spacial score (nSPS) is 11.4. The monoisotopic (exact) mass is 372 g/mol. The molecular weight excluding hydrogens is 351 g/mol. The van der Waals surface area contributed by atoms with Crippen LogP contribution in [0.2, 0.25) is 0 Å². The van der Waals surface area contributed by atoms with Crippen molar-refractivity contribution in [1.82, 2.24) is 5.32 Å². The minimum Gasteiger partial charge on any atom is -0.449 e. The van der Waals surface area contributed by atoms with Crippen LogP contribution in [0, 0.1) is 19.7 Å². The molecule has 0 bridgehead atoms. The number of hydrogen-bond acceptors (Lipinski definition) is 4. The number of para-hydroxylation sites is 1. The molecule has 0 aliphatic heterocycles. The summed E-state index contributed by atoms with van der Waals surface area (Å²) in [6.45, 7) is 4.84. The summed E-state index contributed by atoms with van der Waals surface area (Å²) in [6.07, 6.45) is -1.13. The van der Waals surface area contributed by atoms with E-state index in [1.54, 1.807) is 0 Å². The molecule has 6 nitrogen and oxygen atoms in total. The van der Waals surface area contributed by atoms with Crippen molar-refractivity contribution in [2.45, 2.75) is 26.9 Å². The van der Waals surface area contributed by atoms with Gasteiger partial charge in [0.15, 0.2) is 6.10 Å². The van der Waals surface area contributed by atoms with Crippen LogP contribution in [0.5, 0.6) is 0 Å². The van der Waals surface area contributed by atoms with Crippen LogP contribution >= 0.6 is 0 Å². The molecule has 0 spiro atoms. The minimum atomic E-state index is -1.13. The lowest BCUT2D eigenvalue weighted by molar-refractivity contribution is -0.130. The quantitative estimate of drug-likeness (QED) is 0.764. The van der Waals surface area contributed by atoms with Gasteiger partial charge in [-0.25, -0.2) is 9.18 Å². The third-order valence-electron chi connectivity index (χ3n) is 3.88. The maximum atomic E-state index is 13.1. The highest BCUT2D eigenvalue weighted by Crippen LogP contribution is 2.19. The lowest BCUT2D eigenvalue weighted by atomic mass is 10.1. The van der Waals surface area contributed by atoms with Gasteiger partial charge in [0, 0.05) is 5.69 Å². The summed E-state index contributed by atoms with van der Waals surface area (Å²) >= 11 is 0. The number of aryl methyl sites for hydroxylation is 2. The van der Waals surface area contributed by atoms with Crippen LogP contribution in [-0.2, 0) is 14.3 Å². The van der Waals surface area contributed by atoms with E-state index in [-0.39, 0.29) is 12.1 Å². The number of esters is 1. The van der Waals surface area contributed by atoms with Crippen molar-refractivity contribution >= 4 is 23.5 Å². The number of carbonyl (C=O) groups excluding carboxylic acids is 3. The zero-order valence-corrected chi connectivity index (χ0v) is 15.3. The molecule has 0 aliphatic carbocycles. The maximum Gasteiger partial charge on any atom is 0.339 e. The average molecular weight is 372 g/mol. The Balaban J connectivity index is 1.85. The summed E-state index contributed by atoms with van der Waals surface area (Å²) in [5.41, 5.74) is 2.52. The molecule has 2 amide bonds. The minimum absolute atomic E-state index is 0.00224. The Hall–Kier alpha value is -3.22. The van der Waals surface area contributed by atoms with Crippen molar-refractivity contribution in [3.63, 3.8) is 0 Å². The molecule has 1 unspecified atom stereocenters. The van der Waals surface area contributed by atoms with Gasteiger partial charge in [-0.2, -0.15) is 0 Å². The molecule has 2 aromatic rings. The van der Waals surface area contributed by atoms with Gasteiger partial charge in [-0.3, -0.25) is 9.59 Å². The van der Waals surface area contributed by atoms with E-state index in [0.29, 0.717) is 5.69 Å². The molecule has 0 saturated heterocycles. The van der Waals surface area contributed by atoms with Crippen molar-refractivity contribution in [3.05, 3.63) is 65.0 Å². The highest BCUT2D eigenvalue weighted by Gasteiger charge is 2.20. The van der Waals surface area contributed by atoms with Crippen molar-refractivity contribution in [1.29, 1.82) is 0 Å². The molecule has 27 heavy (non-hydrogen) atoms. The molecule has 0 heterocycles. The molecule has 0 fully saturated rings. The lowest BCUT2D eigenvalue weighted by Crippen LogP contribution is -2.40. The van der Waals surface area contributed by atoms with Gasteiger partial charge in [0.1, 0.15) is 5.82 Å². The fourth-order valence-electron chi connectivity index (χ4n) is 2.40. The van der Waals surface area contributed by atoms with Crippen LogP contribution in [0.4, 0.5) is 10.1 Å². The Labute approximate surface area is 156 Å². The van der Waals surface area contributed by atoms with Crippen LogP contribution in [0.1, 0.15) is 28.4 Å². The van der Waals surface area contributed by atoms with Crippen LogP contribution in [0.15, 0.2) is 42.5 Å². The van der Waals surface area contributed by atoms with Crippen LogP contribution in [-0.4, -0.2) is 30.4 Å². The number of hydrogen-bond donors (Lipinski definition) is 2. The lowest BCUT2D eigenvalue weighted by Gasteiger charge is -2.15. The van der Waals surface area contributed by atoms with E-state index in [1.165, 1.54) is 25.1 Å². The molecule has 0 radical (unpaired) electrons. The summed E-state index contributed by atoms with van der Waals surface area (Å²) in [7, 11) is 0. The highest BCUT2D eigenvalue weighted by atomic mass is 19.1. The van der Waals surface area contributed by atoms with Gasteiger partial charge in [-0.15, -0.1) is 0 Å². The molecule has 2 N–H and O–H groups in total. The smallest absolute Gasteiger partial charge is 0.339 e. The topological polar surface area (TPSA) is 84.5 Å². The molecule has 0 saturated carbocycles. The van der Waals surface area contributed by atoms with E-state index in [1.807, 2.05) is 32.0 Å². The van der Waals surface area contributed by atoms with Gasteiger partial charge >= 0.3 is 5.97 Å². The fourth-order valence-corrected chi connectivity index (χ4v) is 2.40. The van der Waals surface area contributed by atoms with Crippen LogP contribution < -0.4 is 10.6 Å².